The van der Waals surface area contributed by atoms with Gasteiger partial charge in [-0.05, 0) is 48.0 Å². The summed E-state index contributed by atoms with van der Waals surface area (Å²) in [5.74, 6) is -0.508. The van der Waals surface area contributed by atoms with Gasteiger partial charge in [-0.2, -0.15) is 0 Å². The Morgan fingerprint density at radius 2 is 1.84 bits per heavy atom. The quantitative estimate of drug-likeness (QED) is 0.115. The Labute approximate surface area is 235 Å². The number of carbonyl (C=O) groups is 1. The Hall–Kier alpha value is -3.29. The number of nitrogens with two attached hydrogens (primary N) is 1. The van der Waals surface area contributed by atoms with Crippen molar-refractivity contribution in [2.24, 2.45) is 5.73 Å². The molecule has 0 aliphatic rings. The lowest BCUT2D eigenvalue weighted by Gasteiger charge is -2.13. The molecule has 3 aromatic carbocycles. The highest BCUT2D eigenvalue weighted by atomic mass is 35.5. The fourth-order valence-corrected chi connectivity index (χ4v) is 5.02. The number of amides is 1. The number of hydrogen-bond donors (Lipinski definition) is 5. The topological polar surface area (TPSA) is 171 Å². The van der Waals surface area contributed by atoms with Crippen molar-refractivity contribution in [3.63, 3.8) is 0 Å². The highest BCUT2D eigenvalue weighted by Gasteiger charge is 2.19. The highest BCUT2D eigenvalue weighted by Crippen LogP contribution is 2.31. The third kappa shape index (κ3) is 7.62. The fourth-order valence-electron chi connectivity index (χ4n) is 3.35. The van der Waals surface area contributed by atoms with Gasteiger partial charge in [0.25, 0.3) is 5.91 Å². The van der Waals surface area contributed by atoms with Gasteiger partial charge in [0, 0.05) is 17.6 Å². The van der Waals surface area contributed by atoms with Crippen LogP contribution in [0.5, 0.6) is 11.5 Å². The molecule has 1 unspecified atom stereocenters. The van der Waals surface area contributed by atoms with Gasteiger partial charge in [-0.25, -0.2) is 13.4 Å². The van der Waals surface area contributed by atoms with E-state index in [9.17, 15) is 18.3 Å². The van der Waals surface area contributed by atoms with Gasteiger partial charge < -0.3 is 20.6 Å². The molecule has 6 N–H and O–H groups in total. The molecular formula is C24H25Cl2N5O5S2. The number of imidazole rings is 1. The van der Waals surface area contributed by atoms with Crippen molar-refractivity contribution in [2.45, 2.75) is 16.2 Å². The van der Waals surface area contributed by atoms with Crippen molar-refractivity contribution < 1.29 is 23.1 Å². The minimum absolute atomic E-state index is 0. The van der Waals surface area contributed by atoms with Crippen LogP contribution < -0.4 is 15.8 Å². The standard InChI is InChI=1S/C24H23N5O5S2.2ClH/c1-36(32,33)21-12-15(22(31)29-23(25)26)8-11-20(21)34-16-9-6-14(7-10-16)19(30)13-35-24-27-17-4-2-3-5-18(17)28-24;;/h2-12,19,30H,13H2,1H3,(H,27,28)(H4,25,26,29,31);2*1H. The van der Waals surface area contributed by atoms with E-state index >= 15 is 0 Å². The molecule has 4 aromatic rings. The van der Waals surface area contributed by atoms with E-state index in [4.69, 9.17) is 15.9 Å². The number of benzene rings is 3. The Balaban J connectivity index is 0.00000253. The maximum absolute atomic E-state index is 12.3. The first-order chi connectivity index (χ1) is 17.1. The second kappa shape index (κ2) is 13.0. The number of para-hydroxylation sites is 2. The van der Waals surface area contributed by atoms with E-state index in [0.717, 1.165) is 23.4 Å². The number of fused-ring (bicyclic) bond motifs is 1. The van der Waals surface area contributed by atoms with Gasteiger partial charge >= 0.3 is 0 Å². The number of sulfone groups is 1. The number of H-pyrrole nitrogens is 1. The number of rotatable bonds is 8. The lowest BCUT2D eigenvalue weighted by atomic mass is 10.1. The summed E-state index contributed by atoms with van der Waals surface area (Å²) in [7, 11) is -3.74. The van der Waals surface area contributed by atoms with Gasteiger partial charge in [0.15, 0.2) is 21.0 Å². The molecule has 4 rings (SSSR count). The van der Waals surface area contributed by atoms with Crippen LogP contribution in [-0.2, 0) is 9.84 Å². The number of aromatic nitrogens is 2. The molecule has 0 spiro atoms. The molecule has 202 valence electrons. The molecule has 1 amide bonds. The first-order valence-corrected chi connectivity index (χ1v) is 13.5. The maximum Gasteiger partial charge on any atom is 0.257 e. The number of aromatic amines is 1. The lowest BCUT2D eigenvalue weighted by molar-refractivity contribution is 0.0976. The molecule has 14 heteroatoms. The Bertz CT molecular complexity index is 1510. The molecule has 0 saturated heterocycles. The smallest absolute Gasteiger partial charge is 0.257 e. The molecular weight excluding hydrogens is 573 g/mol. The Morgan fingerprint density at radius 1 is 1.16 bits per heavy atom. The molecule has 1 aromatic heterocycles. The van der Waals surface area contributed by atoms with Crippen LogP contribution in [0.1, 0.15) is 22.0 Å². The van der Waals surface area contributed by atoms with E-state index in [1.54, 1.807) is 24.3 Å². The van der Waals surface area contributed by atoms with Crippen LogP contribution in [0.4, 0.5) is 0 Å². The van der Waals surface area contributed by atoms with E-state index in [1.807, 2.05) is 24.3 Å². The second-order valence-electron chi connectivity index (χ2n) is 7.86. The molecule has 0 aliphatic heterocycles. The monoisotopic (exact) mass is 597 g/mol. The van der Waals surface area contributed by atoms with Gasteiger partial charge in [-0.1, -0.05) is 36.0 Å². The molecule has 0 aliphatic carbocycles. The zero-order valence-electron chi connectivity index (χ0n) is 19.9. The average molecular weight is 599 g/mol. The molecule has 0 fully saturated rings. The number of thioether (sulfide) groups is 1. The molecule has 38 heavy (non-hydrogen) atoms. The fraction of sp³-hybridized carbons (Fsp3) is 0.125. The van der Waals surface area contributed by atoms with Crippen molar-refractivity contribution in [2.75, 3.05) is 12.0 Å². The zero-order chi connectivity index (χ0) is 25.9. The van der Waals surface area contributed by atoms with Crippen molar-refractivity contribution in [1.29, 1.82) is 5.41 Å². The Kier molecular flexibility index (Phi) is 10.6. The van der Waals surface area contributed by atoms with Crippen LogP contribution in [0.25, 0.3) is 11.0 Å². The summed E-state index contributed by atoms with van der Waals surface area (Å²) in [5.41, 5.74) is 7.63. The summed E-state index contributed by atoms with van der Waals surface area (Å²) in [5, 5.41) is 20.6. The largest absolute Gasteiger partial charge is 0.456 e. The van der Waals surface area contributed by atoms with Gasteiger partial charge in [-0.15, -0.1) is 24.8 Å². The van der Waals surface area contributed by atoms with Gasteiger partial charge in [0.05, 0.1) is 17.1 Å². The van der Waals surface area contributed by atoms with E-state index in [0.29, 0.717) is 22.2 Å². The van der Waals surface area contributed by atoms with E-state index in [1.165, 1.54) is 23.9 Å². The number of aliphatic hydroxyl groups is 1. The van der Waals surface area contributed by atoms with Gasteiger partial charge in [0.1, 0.15) is 16.4 Å². The third-order valence-corrected chi connectivity index (χ3v) is 7.16. The van der Waals surface area contributed by atoms with Crippen LogP contribution >= 0.6 is 36.6 Å². The SMILES string of the molecule is CS(=O)(=O)c1cc(C(=O)NC(=N)N)ccc1Oc1ccc(C(O)CSc2nc3ccccc3[nH]2)cc1.Cl.Cl. The van der Waals surface area contributed by atoms with Crippen molar-refractivity contribution >= 4 is 69.3 Å². The summed E-state index contributed by atoms with van der Waals surface area (Å²) < 4.78 is 30.4. The number of ether oxygens (including phenoxy) is 1. The number of nitrogens with one attached hydrogen (secondary N) is 3. The van der Waals surface area contributed by atoms with Crippen LogP contribution in [-0.4, -0.2) is 47.4 Å². The van der Waals surface area contributed by atoms with E-state index < -0.39 is 27.8 Å². The van der Waals surface area contributed by atoms with E-state index in [-0.39, 0.29) is 41.0 Å². The summed E-state index contributed by atoms with van der Waals surface area (Å²) in [4.78, 5) is 19.6. The van der Waals surface area contributed by atoms with Crippen molar-refractivity contribution in [3.8, 4) is 11.5 Å². The third-order valence-electron chi connectivity index (χ3n) is 5.09. The number of carbonyl (C=O) groups excluding carboxylic acids is 1. The molecule has 10 nitrogen and oxygen atoms in total. The van der Waals surface area contributed by atoms with Gasteiger partial charge in [-0.3, -0.25) is 15.5 Å². The molecule has 1 atom stereocenters. The predicted molar refractivity (Wildman–Crippen MR) is 152 cm³/mol. The molecule has 0 radical (unpaired) electrons. The number of hydrogen-bond acceptors (Lipinski definition) is 8. The number of guanidine groups is 1. The first-order valence-electron chi connectivity index (χ1n) is 10.6. The summed E-state index contributed by atoms with van der Waals surface area (Å²) >= 11 is 1.40. The Morgan fingerprint density at radius 3 is 2.47 bits per heavy atom. The number of halogens is 2. The highest BCUT2D eigenvalue weighted by molar-refractivity contribution is 7.99. The van der Waals surface area contributed by atoms with Crippen molar-refractivity contribution in [1.82, 2.24) is 15.3 Å². The van der Waals surface area contributed by atoms with Crippen LogP contribution in [0.3, 0.4) is 0 Å². The average Bonchev–Trinajstić information content (AvgIpc) is 3.25. The normalized spacial score (nSPS) is 11.6. The molecule has 0 saturated carbocycles. The maximum atomic E-state index is 12.3. The predicted octanol–water partition coefficient (Wildman–Crippen LogP) is 4.05. The van der Waals surface area contributed by atoms with Crippen molar-refractivity contribution in [3.05, 3.63) is 77.9 Å². The minimum atomic E-state index is -3.74. The lowest BCUT2D eigenvalue weighted by Crippen LogP contribution is -2.35. The summed E-state index contributed by atoms with van der Waals surface area (Å²) in [6.07, 6.45) is 0.240. The summed E-state index contributed by atoms with van der Waals surface area (Å²) in [6.45, 7) is 0. The first kappa shape index (κ1) is 30.9. The molecule has 1 heterocycles. The zero-order valence-corrected chi connectivity index (χ0v) is 23.1. The van der Waals surface area contributed by atoms with E-state index in [2.05, 4.69) is 15.3 Å². The van der Waals surface area contributed by atoms with Gasteiger partial charge in [0.2, 0.25) is 0 Å². The number of nitrogens with zero attached hydrogens (tertiary/aromatic N) is 1. The number of aliphatic hydroxyl groups excluding tert-OH is 1. The van der Waals surface area contributed by atoms with Crippen LogP contribution in [0.15, 0.2) is 76.8 Å². The second-order valence-corrected chi connectivity index (χ2v) is 10.9. The van der Waals surface area contributed by atoms with Crippen LogP contribution in [0.2, 0.25) is 0 Å². The molecule has 0 bridgehead atoms. The minimum Gasteiger partial charge on any atom is -0.456 e. The van der Waals surface area contributed by atoms with Crippen LogP contribution in [0, 0.1) is 5.41 Å². The summed E-state index contributed by atoms with van der Waals surface area (Å²) in [6, 6.07) is 18.2.